The molecule has 3 rings (SSSR count). The maximum absolute atomic E-state index is 4.56. The van der Waals surface area contributed by atoms with Crippen molar-refractivity contribution in [1.29, 1.82) is 0 Å². The number of aryl methyl sites for hydroxylation is 1. The van der Waals surface area contributed by atoms with Crippen LogP contribution in [0.1, 0.15) is 50.1 Å². The van der Waals surface area contributed by atoms with Crippen molar-refractivity contribution < 1.29 is 0 Å². The number of hydrogen-bond donors (Lipinski definition) is 1. The van der Waals surface area contributed by atoms with Crippen molar-refractivity contribution in [2.75, 3.05) is 19.6 Å². The van der Waals surface area contributed by atoms with E-state index in [0.29, 0.717) is 0 Å². The highest BCUT2D eigenvalue weighted by molar-refractivity contribution is 5.29. The summed E-state index contributed by atoms with van der Waals surface area (Å²) >= 11 is 0. The molecular weight excluding hydrogens is 234 g/mol. The Morgan fingerprint density at radius 1 is 1.21 bits per heavy atom. The van der Waals surface area contributed by atoms with Gasteiger partial charge in [0, 0.05) is 12.2 Å². The summed E-state index contributed by atoms with van der Waals surface area (Å²) in [6.07, 6.45) is 7.53. The van der Waals surface area contributed by atoms with Crippen LogP contribution in [0, 0.1) is 11.8 Å². The Hall–Kier alpha value is -0.830. The molecule has 2 atom stereocenters. The van der Waals surface area contributed by atoms with E-state index in [2.05, 4.69) is 28.9 Å². The lowest BCUT2D eigenvalue weighted by atomic mass is 9.73. The lowest BCUT2D eigenvalue weighted by molar-refractivity contribution is 0.111. The van der Waals surface area contributed by atoms with Crippen molar-refractivity contribution in [3.8, 4) is 0 Å². The molecule has 0 aromatic carbocycles. The Balaban J connectivity index is 1.74. The number of hydrogen-bond acceptors (Lipinski definition) is 2. The van der Waals surface area contributed by atoms with E-state index in [-0.39, 0.29) is 0 Å². The average molecular weight is 261 g/mol. The Morgan fingerprint density at radius 2 is 2.11 bits per heavy atom. The molecule has 1 aromatic rings. The Morgan fingerprint density at radius 3 is 2.89 bits per heavy atom. The molecule has 1 saturated heterocycles. The molecule has 2 unspecified atom stereocenters. The molecule has 1 fully saturated rings. The fourth-order valence-electron chi connectivity index (χ4n) is 4.00. The van der Waals surface area contributed by atoms with Gasteiger partial charge in [0.1, 0.15) is 0 Å². The van der Waals surface area contributed by atoms with Crippen LogP contribution in [0.5, 0.6) is 0 Å². The van der Waals surface area contributed by atoms with Crippen molar-refractivity contribution in [2.24, 2.45) is 11.8 Å². The van der Waals surface area contributed by atoms with E-state index in [1.807, 2.05) is 0 Å². The van der Waals surface area contributed by atoms with Gasteiger partial charge >= 0.3 is 0 Å². The van der Waals surface area contributed by atoms with Crippen molar-refractivity contribution >= 4 is 0 Å². The standard InChI is InChI=1S/C16H27N3/c1-3-5-15-14-9-13-11-19(7-4-2)8-6-12(13)10-16(14)18-17-15/h12-13H,3-11H2,1-2H3,(H,17,18). The fraction of sp³-hybridized carbons (Fsp3) is 0.812. The summed E-state index contributed by atoms with van der Waals surface area (Å²) in [5, 5.41) is 7.88. The molecule has 3 heteroatoms. The second kappa shape index (κ2) is 5.66. The average Bonchev–Trinajstić information content (AvgIpc) is 2.80. The third kappa shape index (κ3) is 2.58. The van der Waals surface area contributed by atoms with Gasteiger partial charge in [-0.05, 0) is 62.6 Å². The van der Waals surface area contributed by atoms with Gasteiger partial charge in [-0.3, -0.25) is 5.10 Å². The van der Waals surface area contributed by atoms with Gasteiger partial charge in [-0.1, -0.05) is 20.3 Å². The summed E-state index contributed by atoms with van der Waals surface area (Å²) in [6, 6.07) is 0. The maximum Gasteiger partial charge on any atom is 0.0656 e. The smallest absolute Gasteiger partial charge is 0.0656 e. The van der Waals surface area contributed by atoms with E-state index >= 15 is 0 Å². The topological polar surface area (TPSA) is 31.9 Å². The summed E-state index contributed by atoms with van der Waals surface area (Å²) < 4.78 is 0. The Labute approximate surface area is 116 Å². The monoisotopic (exact) mass is 261 g/mol. The largest absolute Gasteiger partial charge is 0.303 e. The number of fused-ring (bicyclic) bond motifs is 2. The summed E-state index contributed by atoms with van der Waals surface area (Å²) in [5.41, 5.74) is 4.37. The molecule has 0 radical (unpaired) electrons. The molecule has 1 aliphatic carbocycles. The molecular formula is C16H27N3. The SMILES string of the molecule is CCCc1n[nH]c2c1CC1CN(CCC)CCC1C2. The second-order valence-electron chi connectivity index (χ2n) is 6.40. The van der Waals surface area contributed by atoms with Gasteiger partial charge < -0.3 is 4.90 Å². The molecule has 1 aromatic heterocycles. The van der Waals surface area contributed by atoms with Gasteiger partial charge in [-0.25, -0.2) is 0 Å². The first-order valence-corrected chi connectivity index (χ1v) is 8.09. The highest BCUT2D eigenvalue weighted by atomic mass is 15.1. The molecule has 0 amide bonds. The van der Waals surface area contributed by atoms with E-state index in [1.54, 1.807) is 5.56 Å². The van der Waals surface area contributed by atoms with Gasteiger partial charge in [0.05, 0.1) is 5.69 Å². The van der Waals surface area contributed by atoms with Gasteiger partial charge in [-0.2, -0.15) is 5.10 Å². The Kier molecular flexibility index (Phi) is 3.92. The first-order chi connectivity index (χ1) is 9.31. The van der Waals surface area contributed by atoms with Crippen LogP contribution >= 0.6 is 0 Å². The predicted octanol–water partition coefficient (Wildman–Crippen LogP) is 2.81. The van der Waals surface area contributed by atoms with Gasteiger partial charge in [0.2, 0.25) is 0 Å². The summed E-state index contributed by atoms with van der Waals surface area (Å²) in [7, 11) is 0. The number of nitrogens with one attached hydrogen (secondary N) is 1. The third-order valence-corrected chi connectivity index (χ3v) is 4.97. The van der Waals surface area contributed by atoms with Crippen LogP contribution < -0.4 is 0 Å². The summed E-state index contributed by atoms with van der Waals surface area (Å²) in [4.78, 5) is 2.67. The van der Waals surface area contributed by atoms with Crippen LogP contribution in [0.3, 0.4) is 0 Å². The summed E-state index contributed by atoms with van der Waals surface area (Å²) in [6.45, 7) is 8.44. The number of H-pyrrole nitrogens is 1. The van der Waals surface area contributed by atoms with Crippen molar-refractivity contribution in [3.63, 3.8) is 0 Å². The first kappa shape index (κ1) is 13.2. The van der Waals surface area contributed by atoms with Crippen LogP contribution in [0.15, 0.2) is 0 Å². The highest BCUT2D eigenvalue weighted by Gasteiger charge is 2.35. The molecule has 1 aliphatic heterocycles. The molecule has 0 bridgehead atoms. The normalized spacial score (nSPS) is 27.1. The van der Waals surface area contributed by atoms with E-state index in [1.165, 1.54) is 63.1 Å². The van der Waals surface area contributed by atoms with Crippen molar-refractivity contribution in [2.45, 2.75) is 52.4 Å². The molecule has 19 heavy (non-hydrogen) atoms. The minimum atomic E-state index is 0.876. The maximum atomic E-state index is 4.56. The van der Waals surface area contributed by atoms with E-state index in [0.717, 1.165) is 18.3 Å². The van der Waals surface area contributed by atoms with Gasteiger partial charge in [0.15, 0.2) is 0 Å². The molecule has 2 aliphatic rings. The van der Waals surface area contributed by atoms with Crippen molar-refractivity contribution in [1.82, 2.24) is 15.1 Å². The predicted molar refractivity (Wildman–Crippen MR) is 78.3 cm³/mol. The zero-order valence-electron chi connectivity index (χ0n) is 12.4. The van der Waals surface area contributed by atoms with Crippen LogP contribution in [-0.2, 0) is 19.3 Å². The van der Waals surface area contributed by atoms with Crippen LogP contribution in [0.4, 0.5) is 0 Å². The van der Waals surface area contributed by atoms with Crippen LogP contribution in [-0.4, -0.2) is 34.7 Å². The molecule has 0 spiro atoms. The molecule has 3 nitrogen and oxygen atoms in total. The first-order valence-electron chi connectivity index (χ1n) is 8.09. The molecule has 2 heterocycles. The number of nitrogens with zero attached hydrogens (tertiary/aromatic N) is 2. The van der Waals surface area contributed by atoms with E-state index in [9.17, 15) is 0 Å². The number of rotatable bonds is 4. The van der Waals surface area contributed by atoms with E-state index in [4.69, 9.17) is 0 Å². The number of piperidine rings is 1. The quantitative estimate of drug-likeness (QED) is 0.904. The van der Waals surface area contributed by atoms with Gasteiger partial charge in [0.25, 0.3) is 0 Å². The minimum Gasteiger partial charge on any atom is -0.303 e. The third-order valence-electron chi connectivity index (χ3n) is 4.97. The zero-order valence-corrected chi connectivity index (χ0v) is 12.4. The summed E-state index contributed by atoms with van der Waals surface area (Å²) in [5.74, 6) is 1.77. The minimum absolute atomic E-state index is 0.876. The number of likely N-dealkylation sites (tertiary alicyclic amines) is 1. The van der Waals surface area contributed by atoms with Gasteiger partial charge in [-0.15, -0.1) is 0 Å². The Bertz CT molecular complexity index is 424. The van der Waals surface area contributed by atoms with Crippen LogP contribution in [0.25, 0.3) is 0 Å². The molecule has 106 valence electrons. The fourth-order valence-corrected chi connectivity index (χ4v) is 4.00. The lowest BCUT2D eigenvalue weighted by Gasteiger charge is -2.41. The highest BCUT2D eigenvalue weighted by Crippen LogP contribution is 2.36. The zero-order chi connectivity index (χ0) is 13.2. The van der Waals surface area contributed by atoms with Crippen molar-refractivity contribution in [3.05, 3.63) is 17.0 Å². The van der Waals surface area contributed by atoms with E-state index < -0.39 is 0 Å². The second-order valence-corrected chi connectivity index (χ2v) is 6.40. The number of aromatic nitrogens is 2. The molecule has 0 saturated carbocycles. The molecule has 1 N–H and O–H groups in total. The lowest BCUT2D eigenvalue weighted by Crippen LogP contribution is -2.44. The van der Waals surface area contributed by atoms with Crippen LogP contribution in [0.2, 0.25) is 0 Å². The number of aromatic amines is 1.